The van der Waals surface area contributed by atoms with Crippen molar-refractivity contribution < 1.29 is 13.2 Å². The average Bonchev–Trinajstić information content (AvgIpc) is 2.02. The molecule has 0 spiro atoms. The van der Waals surface area contributed by atoms with Crippen LogP contribution < -0.4 is 9.86 Å². The summed E-state index contributed by atoms with van der Waals surface area (Å²) in [6.07, 6.45) is 1.24. The normalized spacial score (nSPS) is 19.7. The molecule has 1 aliphatic rings. The fraction of sp³-hybridized carbons (Fsp3) is 0.857. The first-order valence-corrected chi connectivity index (χ1v) is 5.98. The molecule has 14 heavy (non-hydrogen) atoms. The summed E-state index contributed by atoms with van der Waals surface area (Å²) in [5, 5.41) is 4.84. The van der Waals surface area contributed by atoms with Crippen LogP contribution in [0, 0.1) is 0 Å². The first-order valence-electron chi connectivity index (χ1n) is 4.44. The maximum atomic E-state index is 11.0. The molecular formula is C7H15N3O3S. The number of hydrogen-bond acceptors (Lipinski definition) is 3. The third kappa shape index (κ3) is 3.60. The molecular weight excluding hydrogens is 206 g/mol. The summed E-state index contributed by atoms with van der Waals surface area (Å²) in [6, 6.07) is -0.138. The highest BCUT2D eigenvalue weighted by atomic mass is 32.2. The zero-order chi connectivity index (χ0) is 10.8. The second-order valence-corrected chi connectivity index (χ2v) is 4.77. The molecule has 82 valence electrons. The van der Waals surface area contributed by atoms with Crippen molar-refractivity contribution in [2.75, 3.05) is 13.1 Å². The lowest BCUT2D eigenvalue weighted by molar-refractivity contribution is -0.129. The van der Waals surface area contributed by atoms with E-state index < -0.39 is 10.2 Å². The standard InChI is InChI=1S/C7H15N3O3S/c1-6(11)10-4-2-7(3-5-10)9-14(8,12)13/h7,9H,2-5H2,1H3,(H2,8,12,13). The van der Waals surface area contributed by atoms with Crippen LogP contribution in [0.2, 0.25) is 0 Å². The number of amides is 1. The molecule has 0 aromatic heterocycles. The Morgan fingerprint density at radius 1 is 1.43 bits per heavy atom. The lowest BCUT2D eigenvalue weighted by atomic mass is 10.1. The Morgan fingerprint density at radius 2 is 1.93 bits per heavy atom. The monoisotopic (exact) mass is 221 g/mol. The Balaban J connectivity index is 2.40. The van der Waals surface area contributed by atoms with Crippen molar-refractivity contribution >= 4 is 16.1 Å². The first-order chi connectivity index (χ1) is 6.38. The number of nitrogens with two attached hydrogens (primary N) is 1. The van der Waals surface area contributed by atoms with Crippen LogP contribution in [0.3, 0.4) is 0 Å². The van der Waals surface area contributed by atoms with Gasteiger partial charge < -0.3 is 4.90 Å². The van der Waals surface area contributed by atoms with E-state index in [2.05, 4.69) is 4.72 Å². The number of rotatable bonds is 2. The van der Waals surface area contributed by atoms with Gasteiger partial charge in [0.15, 0.2) is 0 Å². The van der Waals surface area contributed by atoms with E-state index in [4.69, 9.17) is 5.14 Å². The van der Waals surface area contributed by atoms with E-state index in [0.29, 0.717) is 25.9 Å². The van der Waals surface area contributed by atoms with Gasteiger partial charge in [-0.05, 0) is 12.8 Å². The number of piperidine rings is 1. The SMILES string of the molecule is CC(=O)N1CCC(NS(N)(=O)=O)CC1. The van der Waals surface area contributed by atoms with E-state index in [0.717, 1.165) is 0 Å². The van der Waals surface area contributed by atoms with Crippen LogP contribution in [0.4, 0.5) is 0 Å². The minimum absolute atomic E-state index is 0.0269. The summed E-state index contributed by atoms with van der Waals surface area (Å²) in [5.74, 6) is 0.0269. The molecule has 7 heteroatoms. The maximum absolute atomic E-state index is 11.0. The predicted molar refractivity (Wildman–Crippen MR) is 51.5 cm³/mol. The largest absolute Gasteiger partial charge is 0.343 e. The molecule has 3 N–H and O–H groups in total. The minimum atomic E-state index is -3.61. The smallest absolute Gasteiger partial charge is 0.274 e. The summed E-state index contributed by atoms with van der Waals surface area (Å²) < 4.78 is 23.7. The molecule has 0 aromatic rings. The molecule has 1 heterocycles. The van der Waals surface area contributed by atoms with Gasteiger partial charge in [0.05, 0.1) is 0 Å². The molecule has 0 aliphatic carbocycles. The van der Waals surface area contributed by atoms with Crippen molar-refractivity contribution in [2.24, 2.45) is 5.14 Å². The number of nitrogens with one attached hydrogen (secondary N) is 1. The molecule has 1 aliphatic heterocycles. The molecule has 0 unspecified atom stereocenters. The van der Waals surface area contributed by atoms with E-state index >= 15 is 0 Å². The number of likely N-dealkylation sites (tertiary alicyclic amines) is 1. The molecule has 0 atom stereocenters. The number of carbonyl (C=O) groups is 1. The van der Waals surface area contributed by atoms with Crippen molar-refractivity contribution in [1.82, 2.24) is 9.62 Å². The topological polar surface area (TPSA) is 92.5 Å². The highest BCUT2D eigenvalue weighted by Crippen LogP contribution is 2.10. The van der Waals surface area contributed by atoms with E-state index in [9.17, 15) is 13.2 Å². The average molecular weight is 221 g/mol. The first kappa shape index (κ1) is 11.4. The Bertz CT molecular complexity index is 306. The van der Waals surface area contributed by atoms with Gasteiger partial charge in [-0.15, -0.1) is 0 Å². The van der Waals surface area contributed by atoms with Gasteiger partial charge in [-0.3, -0.25) is 4.79 Å². The van der Waals surface area contributed by atoms with Crippen LogP contribution in [-0.4, -0.2) is 38.4 Å². The van der Waals surface area contributed by atoms with Crippen LogP contribution in [0.5, 0.6) is 0 Å². The number of nitrogens with zero attached hydrogens (tertiary/aromatic N) is 1. The van der Waals surface area contributed by atoms with Crippen LogP contribution in [0.1, 0.15) is 19.8 Å². The van der Waals surface area contributed by atoms with Gasteiger partial charge in [-0.1, -0.05) is 0 Å². The zero-order valence-corrected chi connectivity index (χ0v) is 8.88. The van der Waals surface area contributed by atoms with Gasteiger partial charge >= 0.3 is 0 Å². The van der Waals surface area contributed by atoms with Crippen LogP contribution in [0.15, 0.2) is 0 Å². The summed E-state index contributed by atoms with van der Waals surface area (Å²) in [5.41, 5.74) is 0. The quantitative estimate of drug-likeness (QED) is 0.613. The van der Waals surface area contributed by atoms with Gasteiger partial charge in [0.25, 0.3) is 10.2 Å². The lowest BCUT2D eigenvalue weighted by Gasteiger charge is -2.30. The van der Waals surface area contributed by atoms with Crippen molar-refractivity contribution in [1.29, 1.82) is 0 Å². The molecule has 6 nitrogen and oxygen atoms in total. The van der Waals surface area contributed by atoms with Crippen LogP contribution in [0.25, 0.3) is 0 Å². The third-order valence-corrected chi connectivity index (χ3v) is 2.93. The van der Waals surface area contributed by atoms with Crippen molar-refractivity contribution in [2.45, 2.75) is 25.8 Å². The van der Waals surface area contributed by atoms with E-state index in [1.54, 1.807) is 4.90 Å². The van der Waals surface area contributed by atoms with E-state index in [1.165, 1.54) is 6.92 Å². The molecule has 0 bridgehead atoms. The molecule has 0 radical (unpaired) electrons. The molecule has 0 aromatic carbocycles. The molecule has 1 amide bonds. The molecule has 1 fully saturated rings. The Morgan fingerprint density at radius 3 is 2.29 bits per heavy atom. The zero-order valence-electron chi connectivity index (χ0n) is 8.06. The number of hydrogen-bond donors (Lipinski definition) is 2. The van der Waals surface area contributed by atoms with Gasteiger partial charge in [-0.2, -0.15) is 13.1 Å². The fourth-order valence-corrected chi connectivity index (χ4v) is 2.24. The third-order valence-electron chi connectivity index (χ3n) is 2.27. The second-order valence-electron chi connectivity index (χ2n) is 3.44. The van der Waals surface area contributed by atoms with Crippen molar-refractivity contribution in [3.8, 4) is 0 Å². The minimum Gasteiger partial charge on any atom is -0.343 e. The summed E-state index contributed by atoms with van der Waals surface area (Å²) in [6.45, 7) is 2.68. The van der Waals surface area contributed by atoms with E-state index in [1.807, 2.05) is 0 Å². The Kier molecular flexibility index (Phi) is 3.46. The number of carbonyl (C=O) groups excluding carboxylic acids is 1. The van der Waals surface area contributed by atoms with Crippen LogP contribution >= 0.6 is 0 Å². The van der Waals surface area contributed by atoms with Gasteiger partial charge in [-0.25, -0.2) is 5.14 Å². The van der Waals surface area contributed by atoms with Crippen molar-refractivity contribution in [3.63, 3.8) is 0 Å². The van der Waals surface area contributed by atoms with Gasteiger partial charge in [0.1, 0.15) is 0 Å². The maximum Gasteiger partial charge on any atom is 0.274 e. The predicted octanol–water partition coefficient (Wildman–Crippen LogP) is -1.21. The highest BCUT2D eigenvalue weighted by Gasteiger charge is 2.22. The van der Waals surface area contributed by atoms with Gasteiger partial charge in [0, 0.05) is 26.1 Å². The molecule has 0 saturated carbocycles. The van der Waals surface area contributed by atoms with Crippen molar-refractivity contribution in [3.05, 3.63) is 0 Å². The van der Waals surface area contributed by atoms with Gasteiger partial charge in [0.2, 0.25) is 5.91 Å². The summed E-state index contributed by atoms with van der Waals surface area (Å²) in [7, 11) is -3.61. The highest BCUT2D eigenvalue weighted by molar-refractivity contribution is 7.87. The Labute approximate surface area is 83.6 Å². The Hall–Kier alpha value is -0.660. The van der Waals surface area contributed by atoms with E-state index in [-0.39, 0.29) is 11.9 Å². The lowest BCUT2D eigenvalue weighted by Crippen LogP contribution is -2.47. The second kappa shape index (κ2) is 4.24. The molecule has 1 rings (SSSR count). The summed E-state index contributed by atoms with van der Waals surface area (Å²) >= 11 is 0. The summed E-state index contributed by atoms with van der Waals surface area (Å²) in [4.78, 5) is 12.6. The van der Waals surface area contributed by atoms with Crippen LogP contribution in [-0.2, 0) is 15.0 Å². The molecule has 1 saturated heterocycles. The fourth-order valence-electron chi connectivity index (χ4n) is 1.54.